The molecule has 0 saturated heterocycles. The number of sulfonamides is 2. The van der Waals surface area contributed by atoms with Gasteiger partial charge >= 0.3 is 0 Å². The number of benzene rings is 1. The van der Waals surface area contributed by atoms with E-state index in [0.717, 1.165) is 0 Å². The molecule has 16 heteroatoms. The molecule has 0 spiro atoms. The van der Waals surface area contributed by atoms with Crippen LogP contribution in [0.2, 0.25) is 0 Å². The Morgan fingerprint density at radius 1 is 1.18 bits per heavy atom. The summed E-state index contributed by atoms with van der Waals surface area (Å²) in [4.78, 5) is -0.139. The fraction of sp³-hybridized carbons (Fsp3) is 0.455. The van der Waals surface area contributed by atoms with Crippen molar-refractivity contribution in [3.63, 3.8) is 0 Å². The fourth-order valence-electron chi connectivity index (χ4n) is 4.18. The van der Waals surface area contributed by atoms with E-state index in [-0.39, 0.29) is 23.1 Å². The lowest BCUT2D eigenvalue weighted by atomic mass is 9.97. The topological polar surface area (TPSA) is 151 Å². The van der Waals surface area contributed by atoms with Gasteiger partial charge in [0.05, 0.1) is 27.9 Å². The van der Waals surface area contributed by atoms with Crippen molar-refractivity contribution in [2.24, 2.45) is 0 Å². The number of halogens is 2. The number of nitriles is 1. The van der Waals surface area contributed by atoms with Gasteiger partial charge in [-0.05, 0) is 56.4 Å². The minimum atomic E-state index is -4.15. The Morgan fingerprint density at radius 3 is 2.47 bits per heavy atom. The molecule has 1 fully saturated rings. The van der Waals surface area contributed by atoms with Crippen molar-refractivity contribution in [3.05, 3.63) is 35.0 Å². The van der Waals surface area contributed by atoms with Crippen LogP contribution in [0.3, 0.4) is 0 Å². The van der Waals surface area contributed by atoms with Gasteiger partial charge in [0.15, 0.2) is 5.01 Å². The molecule has 0 amide bonds. The van der Waals surface area contributed by atoms with Crippen molar-refractivity contribution in [3.8, 4) is 11.2 Å². The highest BCUT2D eigenvalue weighted by Crippen LogP contribution is 2.38. The van der Waals surface area contributed by atoms with Gasteiger partial charge in [0.25, 0.3) is 6.43 Å². The normalized spacial score (nSPS) is 18.2. The lowest BCUT2D eigenvalue weighted by Gasteiger charge is -2.28. The first-order valence-electron chi connectivity index (χ1n) is 11.6. The maximum Gasteiger partial charge on any atom is 0.291 e. The number of nitrogens with one attached hydrogen (secondary N) is 1. The van der Waals surface area contributed by atoms with Crippen molar-refractivity contribution >= 4 is 47.9 Å². The zero-order valence-corrected chi connectivity index (χ0v) is 22.7. The third kappa shape index (κ3) is 4.73. The molecule has 1 aliphatic carbocycles. The quantitative estimate of drug-likeness (QED) is 0.425. The van der Waals surface area contributed by atoms with E-state index in [1.165, 1.54) is 27.3 Å². The molecule has 0 unspecified atom stereocenters. The number of aromatic nitrogens is 4. The van der Waals surface area contributed by atoms with Gasteiger partial charge in [-0.3, -0.25) is 0 Å². The molecule has 3 aromatic rings. The van der Waals surface area contributed by atoms with E-state index in [0.29, 0.717) is 52.6 Å². The summed E-state index contributed by atoms with van der Waals surface area (Å²) in [5, 5.41) is 20.5. The average Bonchev–Trinajstić information content (AvgIpc) is 3.27. The average molecular weight is 584 g/mol. The third-order valence-electron chi connectivity index (χ3n) is 6.54. The number of hydrogen-bond donors (Lipinski definition) is 1. The zero-order valence-electron chi connectivity index (χ0n) is 20.3. The minimum absolute atomic E-state index is 0.0336. The standard InChI is InChI=1S/C22H23F2N7O4S3/c1-13(2)38(34,35)30-7-3-14(4-8-30)16-9-15(37(32,33)29-22(12-25)5-6-22)10-18-17(16)11-26-31(18)21-28-27-20(36-21)19(23)24/h3,9-11,13,19,29H,4-8H2,1-2H3. The van der Waals surface area contributed by atoms with Crippen LogP contribution in [0.15, 0.2) is 29.3 Å². The Balaban J connectivity index is 1.63. The minimum Gasteiger partial charge on any atom is -0.212 e. The number of nitrogens with zero attached hydrogens (tertiary/aromatic N) is 6. The molecular formula is C22H23F2N7O4S3. The Bertz CT molecular complexity index is 1700. The molecule has 0 atom stereocenters. The van der Waals surface area contributed by atoms with Gasteiger partial charge in [-0.2, -0.15) is 19.4 Å². The van der Waals surface area contributed by atoms with Gasteiger partial charge in [-0.25, -0.2) is 30.3 Å². The first-order valence-corrected chi connectivity index (χ1v) is 15.4. The summed E-state index contributed by atoms with van der Waals surface area (Å²) in [7, 11) is -7.62. The summed E-state index contributed by atoms with van der Waals surface area (Å²) >= 11 is 0.630. The number of hydrogen-bond acceptors (Lipinski definition) is 9. The predicted molar refractivity (Wildman–Crippen MR) is 136 cm³/mol. The van der Waals surface area contributed by atoms with Crippen LogP contribution < -0.4 is 4.72 Å². The number of rotatable bonds is 8. The van der Waals surface area contributed by atoms with Gasteiger partial charge in [-0.1, -0.05) is 17.4 Å². The molecule has 1 saturated carbocycles. The van der Waals surface area contributed by atoms with Gasteiger partial charge in [0.1, 0.15) is 5.54 Å². The maximum atomic E-state index is 13.3. The second-order valence-electron chi connectivity index (χ2n) is 9.41. The number of alkyl halides is 2. The molecule has 0 radical (unpaired) electrons. The van der Waals surface area contributed by atoms with E-state index >= 15 is 0 Å². The van der Waals surface area contributed by atoms with Crippen molar-refractivity contribution in [1.82, 2.24) is 29.0 Å². The molecule has 3 heterocycles. The maximum absolute atomic E-state index is 13.3. The Morgan fingerprint density at radius 2 is 1.92 bits per heavy atom. The van der Waals surface area contributed by atoms with E-state index in [2.05, 4.69) is 20.0 Å². The summed E-state index contributed by atoms with van der Waals surface area (Å²) in [6.07, 6.45) is 1.49. The first kappa shape index (κ1) is 26.8. The molecule has 1 aliphatic heterocycles. The Hall–Kier alpha value is -2.84. The largest absolute Gasteiger partial charge is 0.291 e. The van der Waals surface area contributed by atoms with Crippen molar-refractivity contribution in [2.75, 3.05) is 13.1 Å². The highest BCUT2D eigenvalue weighted by Gasteiger charge is 2.47. The smallest absolute Gasteiger partial charge is 0.212 e. The van der Waals surface area contributed by atoms with E-state index < -0.39 is 42.3 Å². The van der Waals surface area contributed by atoms with Crippen molar-refractivity contribution in [2.45, 2.75) is 55.2 Å². The zero-order chi connectivity index (χ0) is 27.5. The Kier molecular flexibility index (Phi) is 6.63. The molecule has 2 aromatic heterocycles. The fourth-order valence-corrected chi connectivity index (χ4v) is 7.49. The van der Waals surface area contributed by atoms with E-state index in [4.69, 9.17) is 0 Å². The molecule has 5 rings (SSSR count). The van der Waals surface area contributed by atoms with Crippen LogP contribution >= 0.6 is 11.3 Å². The van der Waals surface area contributed by atoms with Crippen LogP contribution in [0, 0.1) is 11.3 Å². The molecule has 1 N–H and O–H groups in total. The molecule has 2 aliphatic rings. The highest BCUT2D eigenvalue weighted by atomic mass is 32.2. The van der Waals surface area contributed by atoms with Gasteiger partial charge < -0.3 is 0 Å². The van der Waals surface area contributed by atoms with E-state index in [1.807, 2.05) is 6.07 Å². The first-order chi connectivity index (χ1) is 17.9. The van der Waals surface area contributed by atoms with Gasteiger partial charge in [-0.15, -0.1) is 10.2 Å². The Labute approximate surface area is 221 Å². The van der Waals surface area contributed by atoms with Crippen LogP contribution in [-0.4, -0.2) is 65.0 Å². The summed E-state index contributed by atoms with van der Waals surface area (Å²) in [6, 6.07) is 4.81. The molecule has 1 aromatic carbocycles. The van der Waals surface area contributed by atoms with Crippen LogP contribution in [0.5, 0.6) is 0 Å². The lowest BCUT2D eigenvalue weighted by molar-refractivity contribution is 0.150. The highest BCUT2D eigenvalue weighted by molar-refractivity contribution is 7.89. The second-order valence-corrected chi connectivity index (χ2v) is 14.6. The van der Waals surface area contributed by atoms with E-state index in [1.54, 1.807) is 19.9 Å². The summed E-state index contributed by atoms with van der Waals surface area (Å²) in [5.41, 5.74) is 0.361. The summed E-state index contributed by atoms with van der Waals surface area (Å²) in [5.74, 6) is 0. The molecule has 11 nitrogen and oxygen atoms in total. The molecular weight excluding hydrogens is 560 g/mol. The van der Waals surface area contributed by atoms with Crippen LogP contribution in [0.4, 0.5) is 8.78 Å². The third-order valence-corrected chi connectivity index (χ3v) is 11.2. The van der Waals surface area contributed by atoms with Crippen LogP contribution in [-0.2, 0) is 20.0 Å². The summed E-state index contributed by atoms with van der Waals surface area (Å²) in [6.45, 7) is 3.54. The molecule has 38 heavy (non-hydrogen) atoms. The van der Waals surface area contributed by atoms with Gasteiger partial charge in [0.2, 0.25) is 25.2 Å². The second kappa shape index (κ2) is 9.42. The molecule has 0 bridgehead atoms. The molecule has 202 valence electrons. The summed E-state index contributed by atoms with van der Waals surface area (Å²) < 4.78 is 83.2. The predicted octanol–water partition coefficient (Wildman–Crippen LogP) is 2.98. The van der Waals surface area contributed by atoms with Gasteiger partial charge in [0, 0.05) is 18.5 Å². The monoisotopic (exact) mass is 583 g/mol. The number of fused-ring (bicyclic) bond motifs is 1. The van der Waals surface area contributed by atoms with Crippen molar-refractivity contribution < 1.29 is 25.6 Å². The van der Waals surface area contributed by atoms with E-state index in [9.17, 15) is 30.9 Å². The SMILES string of the molecule is CC(C)S(=O)(=O)N1CC=C(c2cc(S(=O)(=O)NC3(C#N)CC3)cc3c2cnn3-c2nnc(C(F)F)s2)CC1. The van der Waals surface area contributed by atoms with Crippen LogP contribution in [0.25, 0.3) is 21.6 Å². The lowest BCUT2D eigenvalue weighted by Crippen LogP contribution is -2.39. The van der Waals surface area contributed by atoms with Crippen LogP contribution in [0.1, 0.15) is 50.1 Å². The van der Waals surface area contributed by atoms with Crippen molar-refractivity contribution in [1.29, 1.82) is 5.26 Å².